The summed E-state index contributed by atoms with van der Waals surface area (Å²) in [5, 5.41) is 23.8. The summed E-state index contributed by atoms with van der Waals surface area (Å²) in [5.74, 6) is 0.622. The first kappa shape index (κ1) is 14.9. The van der Waals surface area contributed by atoms with Crippen molar-refractivity contribution in [3.8, 4) is 6.07 Å². The number of fused-ring (bicyclic) bond motifs is 1. The highest BCUT2D eigenvalue weighted by Crippen LogP contribution is 2.41. The molecule has 0 fully saturated rings. The first-order valence-corrected chi connectivity index (χ1v) is 7.59. The fourth-order valence-corrected chi connectivity index (χ4v) is 3.29. The van der Waals surface area contributed by atoms with E-state index in [0.717, 1.165) is 23.1 Å². The number of allylic oxidation sites excluding steroid dienone is 1. The van der Waals surface area contributed by atoms with Crippen molar-refractivity contribution in [3.05, 3.63) is 69.4 Å². The average molecular weight is 324 g/mol. The highest BCUT2D eigenvalue weighted by molar-refractivity contribution is 8.03. The Balaban J connectivity index is 2.00. The maximum atomic E-state index is 11.1. The van der Waals surface area contributed by atoms with Crippen LogP contribution in [0, 0.1) is 21.4 Å². The van der Waals surface area contributed by atoms with E-state index in [4.69, 9.17) is 0 Å². The van der Waals surface area contributed by atoms with E-state index >= 15 is 0 Å². The molecule has 1 heterocycles. The summed E-state index contributed by atoms with van der Waals surface area (Å²) in [7, 11) is 1.85. The van der Waals surface area contributed by atoms with Crippen LogP contribution in [0.15, 0.2) is 64.2 Å². The van der Waals surface area contributed by atoms with Gasteiger partial charge in [-0.2, -0.15) is 5.26 Å². The summed E-state index contributed by atoms with van der Waals surface area (Å²) in [4.78, 5) is 13.4. The van der Waals surface area contributed by atoms with Gasteiger partial charge in [0, 0.05) is 13.1 Å². The van der Waals surface area contributed by atoms with Crippen LogP contribution in [-0.2, 0) is 0 Å². The van der Waals surface area contributed by atoms with Gasteiger partial charge < -0.3 is 10.2 Å². The van der Waals surface area contributed by atoms with E-state index < -0.39 is 4.92 Å². The van der Waals surface area contributed by atoms with Gasteiger partial charge in [-0.05, 0) is 18.2 Å². The number of anilines is 2. The summed E-state index contributed by atoms with van der Waals surface area (Å²) in [6.07, 6.45) is 0. The van der Waals surface area contributed by atoms with Crippen LogP contribution < -0.4 is 10.2 Å². The van der Waals surface area contributed by atoms with Crippen LogP contribution in [0.2, 0.25) is 0 Å². The zero-order valence-corrected chi connectivity index (χ0v) is 13.0. The molecule has 23 heavy (non-hydrogen) atoms. The number of para-hydroxylation sites is 3. The number of thioether (sulfide) groups is 1. The molecule has 0 bridgehead atoms. The third-order valence-corrected chi connectivity index (χ3v) is 4.50. The lowest BCUT2D eigenvalue weighted by Gasteiger charge is -2.14. The van der Waals surface area contributed by atoms with Gasteiger partial charge in [0.05, 0.1) is 21.2 Å². The second-order valence-corrected chi connectivity index (χ2v) is 5.87. The maximum absolute atomic E-state index is 11.1. The third kappa shape index (κ3) is 2.72. The topological polar surface area (TPSA) is 82.2 Å². The van der Waals surface area contributed by atoms with Crippen LogP contribution in [0.4, 0.5) is 17.1 Å². The third-order valence-electron chi connectivity index (χ3n) is 3.44. The van der Waals surface area contributed by atoms with Gasteiger partial charge >= 0.3 is 0 Å². The predicted molar refractivity (Wildman–Crippen MR) is 90.1 cm³/mol. The van der Waals surface area contributed by atoms with E-state index in [1.807, 2.05) is 36.2 Å². The molecule has 3 rings (SSSR count). The van der Waals surface area contributed by atoms with Crippen LogP contribution >= 0.6 is 11.8 Å². The molecule has 114 valence electrons. The van der Waals surface area contributed by atoms with E-state index in [0.29, 0.717) is 15.6 Å². The minimum Gasteiger partial charge on any atom is -0.338 e. The Bertz CT molecular complexity index is 857. The van der Waals surface area contributed by atoms with Crippen molar-refractivity contribution in [1.82, 2.24) is 0 Å². The predicted octanol–water partition coefficient (Wildman–Crippen LogP) is 3.94. The number of nitrogens with one attached hydrogen (secondary N) is 1. The van der Waals surface area contributed by atoms with Crippen molar-refractivity contribution in [2.45, 2.75) is 4.90 Å². The van der Waals surface area contributed by atoms with Gasteiger partial charge in [-0.25, -0.2) is 0 Å². The molecule has 0 spiro atoms. The molecular formula is C16H12N4O2S. The first-order chi connectivity index (χ1) is 11.1. The van der Waals surface area contributed by atoms with E-state index in [1.54, 1.807) is 18.2 Å². The van der Waals surface area contributed by atoms with E-state index in [2.05, 4.69) is 11.4 Å². The Morgan fingerprint density at radius 2 is 1.96 bits per heavy atom. The van der Waals surface area contributed by atoms with Crippen LogP contribution in [0.3, 0.4) is 0 Å². The molecule has 2 aromatic carbocycles. The Labute approximate surface area is 137 Å². The fraction of sp³-hybridized carbons (Fsp3) is 0.0625. The van der Waals surface area contributed by atoms with Crippen LogP contribution in [0.5, 0.6) is 0 Å². The number of rotatable bonds is 3. The summed E-state index contributed by atoms with van der Waals surface area (Å²) >= 11 is 1.09. The standard InChI is InChI=1S/C16H12N4O2S/c1-19-12-7-3-2-6-11(12)18-16(19)15(10-17)23-14-9-5-4-8-13(14)20(21)22/h2-9,18H,1H3/b16-15+. The number of nitriles is 1. The molecule has 6 nitrogen and oxygen atoms in total. The van der Waals surface area contributed by atoms with Crippen LogP contribution in [0.25, 0.3) is 0 Å². The molecule has 1 N–H and O–H groups in total. The van der Waals surface area contributed by atoms with Crippen molar-refractivity contribution >= 4 is 28.8 Å². The molecule has 1 aliphatic rings. The molecule has 7 heteroatoms. The summed E-state index contributed by atoms with van der Waals surface area (Å²) < 4.78 is 0. The number of hydrogen-bond donors (Lipinski definition) is 1. The van der Waals surface area contributed by atoms with Crippen LogP contribution in [0.1, 0.15) is 0 Å². The van der Waals surface area contributed by atoms with Gasteiger partial charge in [-0.3, -0.25) is 10.1 Å². The Hall–Kier alpha value is -2.98. The normalized spacial score (nSPS) is 14.7. The minimum atomic E-state index is -0.442. The highest BCUT2D eigenvalue weighted by atomic mass is 32.2. The van der Waals surface area contributed by atoms with E-state index in [9.17, 15) is 15.4 Å². The van der Waals surface area contributed by atoms with Gasteiger partial charge in [0.2, 0.25) is 0 Å². The number of nitrogens with zero attached hydrogens (tertiary/aromatic N) is 3. The lowest BCUT2D eigenvalue weighted by atomic mass is 10.3. The molecule has 0 saturated carbocycles. The summed E-state index contributed by atoms with van der Waals surface area (Å²) in [6, 6.07) is 16.2. The SMILES string of the molecule is CN1/C(=C(\C#N)Sc2ccccc2[N+](=O)[O-])Nc2ccccc21. The number of benzene rings is 2. The van der Waals surface area contributed by atoms with Crippen LogP contribution in [-0.4, -0.2) is 12.0 Å². The quantitative estimate of drug-likeness (QED) is 0.398. The zero-order valence-electron chi connectivity index (χ0n) is 12.2. The van der Waals surface area contributed by atoms with Gasteiger partial charge in [0.25, 0.3) is 5.69 Å². The monoisotopic (exact) mass is 324 g/mol. The fourth-order valence-electron chi connectivity index (χ4n) is 2.34. The molecule has 0 unspecified atom stereocenters. The Morgan fingerprint density at radius 1 is 1.26 bits per heavy atom. The second-order valence-electron chi connectivity index (χ2n) is 4.82. The van der Waals surface area contributed by atoms with Crippen molar-refractivity contribution < 1.29 is 4.92 Å². The van der Waals surface area contributed by atoms with E-state index in [-0.39, 0.29) is 5.69 Å². The molecule has 0 saturated heterocycles. The van der Waals surface area contributed by atoms with Gasteiger partial charge in [-0.15, -0.1) is 0 Å². The average Bonchev–Trinajstić information content (AvgIpc) is 2.90. The van der Waals surface area contributed by atoms with E-state index in [1.165, 1.54) is 6.07 Å². The largest absolute Gasteiger partial charge is 0.338 e. The minimum absolute atomic E-state index is 0.0102. The molecule has 1 aliphatic heterocycles. The number of nitro benzene ring substituents is 1. The van der Waals surface area contributed by atoms with Gasteiger partial charge in [-0.1, -0.05) is 36.0 Å². The molecule has 0 atom stereocenters. The van der Waals surface area contributed by atoms with Gasteiger partial charge in [0.15, 0.2) is 0 Å². The van der Waals surface area contributed by atoms with Crippen molar-refractivity contribution in [2.24, 2.45) is 0 Å². The Kier molecular flexibility index (Phi) is 3.91. The zero-order chi connectivity index (χ0) is 16.4. The summed E-state index contributed by atoms with van der Waals surface area (Å²) in [5.41, 5.74) is 1.85. The maximum Gasteiger partial charge on any atom is 0.283 e. The molecule has 0 amide bonds. The first-order valence-electron chi connectivity index (χ1n) is 6.77. The smallest absolute Gasteiger partial charge is 0.283 e. The molecule has 0 aromatic heterocycles. The molecule has 0 aliphatic carbocycles. The summed E-state index contributed by atoms with van der Waals surface area (Å²) in [6.45, 7) is 0. The molecule has 0 radical (unpaired) electrons. The Morgan fingerprint density at radius 3 is 2.65 bits per heavy atom. The van der Waals surface area contributed by atoms with Crippen molar-refractivity contribution in [3.63, 3.8) is 0 Å². The number of nitro groups is 1. The lowest BCUT2D eigenvalue weighted by Crippen LogP contribution is -2.16. The lowest BCUT2D eigenvalue weighted by molar-refractivity contribution is -0.387. The number of hydrogen-bond acceptors (Lipinski definition) is 6. The second kappa shape index (κ2) is 6.02. The van der Waals surface area contributed by atoms with Gasteiger partial charge in [0.1, 0.15) is 16.8 Å². The highest BCUT2D eigenvalue weighted by Gasteiger charge is 2.25. The molecule has 2 aromatic rings. The molecular weight excluding hydrogens is 312 g/mol. The van der Waals surface area contributed by atoms with Crippen molar-refractivity contribution in [1.29, 1.82) is 5.26 Å². The van der Waals surface area contributed by atoms with Crippen molar-refractivity contribution in [2.75, 3.05) is 17.3 Å².